The molecular formula is C16H31N3O. The van der Waals surface area contributed by atoms with E-state index >= 15 is 0 Å². The minimum atomic E-state index is 0.142. The van der Waals surface area contributed by atoms with Crippen molar-refractivity contribution in [3.8, 4) is 0 Å². The number of urea groups is 1. The van der Waals surface area contributed by atoms with E-state index in [2.05, 4.69) is 17.6 Å². The van der Waals surface area contributed by atoms with E-state index in [1.807, 2.05) is 11.9 Å². The molecule has 0 radical (unpaired) electrons. The molecule has 116 valence electrons. The van der Waals surface area contributed by atoms with Gasteiger partial charge in [-0.2, -0.15) is 0 Å². The van der Waals surface area contributed by atoms with Crippen molar-refractivity contribution in [1.82, 2.24) is 15.5 Å². The lowest BCUT2D eigenvalue weighted by Crippen LogP contribution is -2.49. The maximum Gasteiger partial charge on any atom is 0.317 e. The predicted molar refractivity (Wildman–Crippen MR) is 82.9 cm³/mol. The Morgan fingerprint density at radius 2 is 1.65 bits per heavy atom. The Bertz CT molecular complexity index is 294. The first-order valence-electron chi connectivity index (χ1n) is 8.47. The molecule has 4 nitrogen and oxygen atoms in total. The highest BCUT2D eigenvalue weighted by atomic mass is 16.2. The fourth-order valence-corrected chi connectivity index (χ4v) is 3.65. The molecule has 0 unspecified atom stereocenters. The van der Waals surface area contributed by atoms with Crippen molar-refractivity contribution in [3.63, 3.8) is 0 Å². The largest absolute Gasteiger partial charge is 0.335 e. The lowest BCUT2D eigenvalue weighted by molar-refractivity contribution is 0.160. The third-order valence-corrected chi connectivity index (χ3v) is 4.99. The molecule has 2 aliphatic rings. The van der Waals surface area contributed by atoms with Gasteiger partial charge in [-0.3, -0.25) is 0 Å². The minimum absolute atomic E-state index is 0.142. The number of nitrogens with one attached hydrogen (secondary N) is 2. The minimum Gasteiger partial charge on any atom is -0.335 e. The highest BCUT2D eigenvalue weighted by Gasteiger charge is 2.27. The number of carbonyl (C=O) groups excluding carboxylic acids is 1. The summed E-state index contributed by atoms with van der Waals surface area (Å²) in [6.07, 6.45) is 10.8. The van der Waals surface area contributed by atoms with E-state index in [9.17, 15) is 4.79 Å². The number of rotatable bonds is 4. The third kappa shape index (κ3) is 4.37. The van der Waals surface area contributed by atoms with Gasteiger partial charge in [0, 0.05) is 25.2 Å². The van der Waals surface area contributed by atoms with Gasteiger partial charge < -0.3 is 15.5 Å². The molecule has 2 fully saturated rings. The highest BCUT2D eigenvalue weighted by molar-refractivity contribution is 5.74. The van der Waals surface area contributed by atoms with Gasteiger partial charge in [0.1, 0.15) is 0 Å². The second-order valence-corrected chi connectivity index (χ2v) is 6.46. The molecule has 20 heavy (non-hydrogen) atoms. The van der Waals surface area contributed by atoms with Gasteiger partial charge in [0.2, 0.25) is 0 Å². The standard InChI is InChI=1S/C16H31N3O/c1-3-17-13-9-11-15(12-10-13)19(2)16(20)18-14-7-5-4-6-8-14/h13-15,17H,3-12H2,1-2H3,(H,18,20). The summed E-state index contributed by atoms with van der Waals surface area (Å²) in [4.78, 5) is 14.3. The first-order valence-corrected chi connectivity index (χ1v) is 8.47. The van der Waals surface area contributed by atoms with Crippen molar-refractivity contribution < 1.29 is 4.79 Å². The summed E-state index contributed by atoms with van der Waals surface area (Å²) in [5.74, 6) is 0. The normalized spacial score (nSPS) is 28.1. The van der Waals surface area contributed by atoms with Crippen LogP contribution in [0.25, 0.3) is 0 Å². The molecule has 0 bridgehead atoms. The Morgan fingerprint density at radius 3 is 2.25 bits per heavy atom. The van der Waals surface area contributed by atoms with Crippen molar-refractivity contribution in [1.29, 1.82) is 0 Å². The molecule has 0 heterocycles. The summed E-state index contributed by atoms with van der Waals surface area (Å²) in [5, 5.41) is 6.74. The van der Waals surface area contributed by atoms with E-state index in [-0.39, 0.29) is 6.03 Å². The SMILES string of the molecule is CCNC1CCC(N(C)C(=O)NC2CCCCC2)CC1. The molecule has 2 aliphatic carbocycles. The second kappa shape index (κ2) is 7.87. The van der Waals surface area contributed by atoms with E-state index < -0.39 is 0 Å². The Morgan fingerprint density at radius 1 is 1.00 bits per heavy atom. The zero-order chi connectivity index (χ0) is 14.4. The summed E-state index contributed by atoms with van der Waals surface area (Å²) < 4.78 is 0. The molecule has 2 amide bonds. The summed E-state index contributed by atoms with van der Waals surface area (Å²) in [7, 11) is 1.97. The van der Waals surface area contributed by atoms with Crippen LogP contribution < -0.4 is 10.6 Å². The monoisotopic (exact) mass is 281 g/mol. The zero-order valence-corrected chi connectivity index (χ0v) is 13.2. The van der Waals surface area contributed by atoms with Crippen LogP contribution in [0.4, 0.5) is 4.79 Å². The van der Waals surface area contributed by atoms with Crippen molar-refractivity contribution in [2.45, 2.75) is 82.8 Å². The van der Waals surface area contributed by atoms with Crippen LogP contribution >= 0.6 is 0 Å². The average Bonchev–Trinajstić information content (AvgIpc) is 2.48. The smallest absolute Gasteiger partial charge is 0.317 e. The van der Waals surface area contributed by atoms with Gasteiger partial charge in [0.15, 0.2) is 0 Å². The van der Waals surface area contributed by atoms with E-state index in [4.69, 9.17) is 0 Å². The van der Waals surface area contributed by atoms with Crippen LogP contribution in [-0.4, -0.2) is 42.6 Å². The lowest BCUT2D eigenvalue weighted by Gasteiger charge is -2.36. The highest BCUT2D eigenvalue weighted by Crippen LogP contribution is 2.23. The topological polar surface area (TPSA) is 44.4 Å². The average molecular weight is 281 g/mol. The molecule has 0 aliphatic heterocycles. The molecule has 0 aromatic carbocycles. The van der Waals surface area contributed by atoms with Gasteiger partial charge in [-0.1, -0.05) is 26.2 Å². The maximum absolute atomic E-state index is 12.3. The van der Waals surface area contributed by atoms with Crippen LogP contribution in [0.3, 0.4) is 0 Å². The van der Waals surface area contributed by atoms with Crippen LogP contribution in [0, 0.1) is 0 Å². The van der Waals surface area contributed by atoms with Crippen LogP contribution in [0.15, 0.2) is 0 Å². The molecule has 0 aromatic rings. The number of hydrogen-bond donors (Lipinski definition) is 2. The van der Waals surface area contributed by atoms with Crippen molar-refractivity contribution in [2.75, 3.05) is 13.6 Å². The van der Waals surface area contributed by atoms with Crippen molar-refractivity contribution in [3.05, 3.63) is 0 Å². The number of nitrogens with zero attached hydrogens (tertiary/aromatic N) is 1. The van der Waals surface area contributed by atoms with Gasteiger partial charge in [-0.05, 0) is 45.1 Å². The molecular weight excluding hydrogens is 250 g/mol. The second-order valence-electron chi connectivity index (χ2n) is 6.46. The van der Waals surface area contributed by atoms with E-state index in [1.54, 1.807) is 0 Å². The summed E-state index contributed by atoms with van der Waals surface area (Å²) in [6, 6.07) is 1.64. The van der Waals surface area contributed by atoms with Crippen LogP contribution in [0.1, 0.15) is 64.7 Å². The van der Waals surface area contributed by atoms with Crippen LogP contribution in [0.2, 0.25) is 0 Å². The fraction of sp³-hybridized carbons (Fsp3) is 0.938. The predicted octanol–water partition coefficient (Wildman–Crippen LogP) is 2.88. The molecule has 0 atom stereocenters. The number of hydrogen-bond acceptors (Lipinski definition) is 2. The Balaban J connectivity index is 1.73. The van der Waals surface area contributed by atoms with E-state index in [1.165, 1.54) is 32.1 Å². The van der Waals surface area contributed by atoms with E-state index in [0.29, 0.717) is 18.1 Å². The van der Waals surface area contributed by atoms with Gasteiger partial charge >= 0.3 is 6.03 Å². The molecule has 2 rings (SSSR count). The maximum atomic E-state index is 12.3. The van der Waals surface area contributed by atoms with Gasteiger partial charge in [0.25, 0.3) is 0 Å². The summed E-state index contributed by atoms with van der Waals surface area (Å²) in [5.41, 5.74) is 0. The van der Waals surface area contributed by atoms with Gasteiger partial charge in [-0.15, -0.1) is 0 Å². The zero-order valence-electron chi connectivity index (χ0n) is 13.2. The van der Waals surface area contributed by atoms with Crippen molar-refractivity contribution >= 4 is 6.03 Å². The molecule has 2 N–H and O–H groups in total. The van der Waals surface area contributed by atoms with Crippen LogP contribution in [-0.2, 0) is 0 Å². The van der Waals surface area contributed by atoms with E-state index in [0.717, 1.165) is 32.2 Å². The molecule has 0 spiro atoms. The molecule has 0 aromatic heterocycles. The van der Waals surface area contributed by atoms with Crippen LogP contribution in [0.5, 0.6) is 0 Å². The Hall–Kier alpha value is -0.770. The molecule has 4 heteroatoms. The Kier molecular flexibility index (Phi) is 6.14. The molecule has 2 saturated carbocycles. The summed E-state index contributed by atoms with van der Waals surface area (Å²) >= 11 is 0. The molecule has 0 saturated heterocycles. The first kappa shape index (κ1) is 15.6. The first-order chi connectivity index (χ1) is 9.70. The number of carbonyl (C=O) groups is 1. The van der Waals surface area contributed by atoms with Gasteiger partial charge in [-0.25, -0.2) is 4.79 Å². The fourth-order valence-electron chi connectivity index (χ4n) is 3.65. The third-order valence-electron chi connectivity index (χ3n) is 4.99. The van der Waals surface area contributed by atoms with Crippen molar-refractivity contribution in [2.24, 2.45) is 0 Å². The lowest BCUT2D eigenvalue weighted by atomic mass is 9.90. The van der Waals surface area contributed by atoms with Gasteiger partial charge in [0.05, 0.1) is 0 Å². The number of amides is 2. The summed E-state index contributed by atoms with van der Waals surface area (Å²) in [6.45, 7) is 3.21. The Labute approximate surface area is 123 Å². The quantitative estimate of drug-likeness (QED) is 0.832.